The van der Waals surface area contributed by atoms with Gasteiger partial charge < -0.3 is 19.4 Å². The first-order chi connectivity index (χ1) is 11.0. The van der Waals surface area contributed by atoms with E-state index in [2.05, 4.69) is 4.98 Å². The van der Waals surface area contributed by atoms with Crippen molar-refractivity contribution in [1.82, 2.24) is 4.98 Å². The molecule has 24 heavy (non-hydrogen) atoms. The molecule has 8 heteroatoms. The molecule has 0 aliphatic carbocycles. The number of aromatic carboxylic acids is 1. The Labute approximate surface area is 155 Å². The van der Waals surface area contributed by atoms with Crippen molar-refractivity contribution in [2.24, 2.45) is 0 Å². The Bertz CT molecular complexity index is 731. The van der Waals surface area contributed by atoms with E-state index < -0.39 is 17.3 Å². The fraction of sp³-hybridized carbons (Fsp3) is 0.375. The normalized spacial score (nSPS) is 16.7. The number of hydrogen-bond donors (Lipinski definition) is 0. The van der Waals surface area contributed by atoms with Crippen molar-refractivity contribution in [1.29, 1.82) is 0 Å². The third kappa shape index (κ3) is 4.17. The Morgan fingerprint density at radius 2 is 2.33 bits per heavy atom. The molecule has 1 atom stereocenters. The maximum absolute atomic E-state index is 14.4. The van der Waals surface area contributed by atoms with Crippen LogP contribution in [0, 0.1) is 12.7 Å². The third-order valence-electron chi connectivity index (χ3n) is 3.58. The maximum atomic E-state index is 14.4. The molecule has 0 bridgehead atoms. The van der Waals surface area contributed by atoms with Gasteiger partial charge in [-0.3, -0.25) is 0 Å². The summed E-state index contributed by atoms with van der Waals surface area (Å²) in [6.45, 7) is 2.84. The van der Waals surface area contributed by atoms with Gasteiger partial charge in [-0.1, -0.05) is 0 Å². The number of benzene rings is 1. The number of ether oxygens (including phenoxy) is 2. The zero-order valence-corrected chi connectivity index (χ0v) is 14.3. The van der Waals surface area contributed by atoms with Gasteiger partial charge in [-0.05, 0) is 31.9 Å². The molecule has 0 radical (unpaired) electrons. The summed E-state index contributed by atoms with van der Waals surface area (Å²) in [7, 11) is 0. The quantitative estimate of drug-likeness (QED) is 0.664. The molecule has 1 unspecified atom stereocenters. The van der Waals surface area contributed by atoms with E-state index in [9.17, 15) is 14.3 Å². The van der Waals surface area contributed by atoms with Gasteiger partial charge in [0, 0.05) is 23.2 Å². The topological polar surface area (TPSA) is 71.5 Å². The number of aromatic nitrogens is 1. The monoisotopic (exact) mass is 343 g/mol. The molecule has 1 fully saturated rings. The fourth-order valence-corrected chi connectivity index (χ4v) is 3.20. The Morgan fingerprint density at radius 1 is 1.54 bits per heavy atom. The molecular formula is C16H15FLiNO4S. The van der Waals surface area contributed by atoms with Crippen molar-refractivity contribution in [2.45, 2.75) is 25.9 Å². The van der Waals surface area contributed by atoms with E-state index in [0.29, 0.717) is 18.2 Å². The molecule has 2 heterocycles. The minimum absolute atomic E-state index is 0. The van der Waals surface area contributed by atoms with E-state index in [0.717, 1.165) is 23.8 Å². The second-order valence-electron chi connectivity index (χ2n) is 5.34. The van der Waals surface area contributed by atoms with E-state index >= 15 is 0 Å². The standard InChI is InChI=1S/C16H16FNO4S.Li/c1-9-7-18-15(23-9)12-5-11(6-13(14(12)17)16(19)20)22-8-10-3-2-4-21-10;/h5-7,10H,2-4,8H2,1H3,(H,19,20);/q;+1/p-1. The van der Waals surface area contributed by atoms with Gasteiger partial charge in [-0.15, -0.1) is 11.3 Å². The molecule has 0 spiro atoms. The van der Waals surface area contributed by atoms with Crippen molar-refractivity contribution in [3.05, 3.63) is 34.6 Å². The SMILES string of the molecule is Cc1cnc(-c2cc(OCC3CCCO3)cc(C(=O)[O-])c2F)s1.[Li+]. The van der Waals surface area contributed by atoms with Crippen LogP contribution in [0.1, 0.15) is 28.1 Å². The van der Waals surface area contributed by atoms with E-state index in [1.807, 2.05) is 6.92 Å². The van der Waals surface area contributed by atoms with Crippen molar-refractivity contribution in [2.75, 3.05) is 13.2 Å². The first-order valence-electron chi connectivity index (χ1n) is 7.26. The summed E-state index contributed by atoms with van der Waals surface area (Å²) >= 11 is 1.28. The van der Waals surface area contributed by atoms with Crippen LogP contribution < -0.4 is 28.7 Å². The van der Waals surface area contributed by atoms with E-state index in [1.165, 1.54) is 17.4 Å². The van der Waals surface area contributed by atoms with Gasteiger partial charge in [-0.2, -0.15) is 0 Å². The van der Waals surface area contributed by atoms with Crippen molar-refractivity contribution in [3.63, 3.8) is 0 Å². The molecule has 1 aliphatic heterocycles. The number of carbonyl (C=O) groups is 1. The Morgan fingerprint density at radius 3 is 2.92 bits per heavy atom. The molecule has 0 amide bonds. The van der Waals surface area contributed by atoms with Crippen molar-refractivity contribution < 1.29 is 42.6 Å². The third-order valence-corrected chi connectivity index (χ3v) is 4.52. The van der Waals surface area contributed by atoms with Crippen molar-refractivity contribution in [3.8, 4) is 16.3 Å². The number of hydrogen-bond acceptors (Lipinski definition) is 6. The summed E-state index contributed by atoms with van der Waals surface area (Å²) in [5.74, 6) is -2.17. The van der Waals surface area contributed by atoms with Gasteiger partial charge in [-0.25, -0.2) is 9.37 Å². The van der Waals surface area contributed by atoms with Crippen LogP contribution in [0.2, 0.25) is 0 Å². The molecule has 0 N–H and O–H groups in total. The van der Waals surface area contributed by atoms with Gasteiger partial charge in [0.15, 0.2) is 0 Å². The van der Waals surface area contributed by atoms with Crippen LogP contribution in [-0.2, 0) is 4.74 Å². The molecule has 1 aromatic carbocycles. The maximum Gasteiger partial charge on any atom is 1.00 e. The summed E-state index contributed by atoms with van der Waals surface area (Å²) < 4.78 is 25.5. The molecule has 1 saturated heterocycles. The van der Waals surface area contributed by atoms with Crippen LogP contribution in [0.3, 0.4) is 0 Å². The van der Waals surface area contributed by atoms with Crippen LogP contribution in [0.5, 0.6) is 5.75 Å². The number of rotatable bonds is 5. The molecule has 5 nitrogen and oxygen atoms in total. The molecular weight excluding hydrogens is 328 g/mol. The number of carbonyl (C=O) groups excluding carboxylic acids is 1. The van der Waals surface area contributed by atoms with Gasteiger partial charge in [0.1, 0.15) is 23.2 Å². The molecule has 3 rings (SSSR count). The number of carboxylic acid groups (broad SMARTS) is 1. The molecule has 122 valence electrons. The van der Waals surface area contributed by atoms with Gasteiger partial charge in [0.25, 0.3) is 0 Å². The molecule has 1 aromatic heterocycles. The summed E-state index contributed by atoms with van der Waals surface area (Å²) in [6, 6.07) is 2.61. The first-order valence-corrected chi connectivity index (χ1v) is 8.08. The van der Waals surface area contributed by atoms with Crippen LogP contribution in [-0.4, -0.2) is 30.3 Å². The number of carboxylic acids is 1. The summed E-state index contributed by atoms with van der Waals surface area (Å²) in [5, 5.41) is 11.6. The number of nitrogens with zero attached hydrogens (tertiary/aromatic N) is 1. The second-order valence-corrected chi connectivity index (χ2v) is 6.58. The summed E-state index contributed by atoms with van der Waals surface area (Å²) in [4.78, 5) is 16.2. The van der Waals surface area contributed by atoms with E-state index in [4.69, 9.17) is 9.47 Å². The Kier molecular flexibility index (Phi) is 6.41. The summed E-state index contributed by atoms with van der Waals surface area (Å²) in [5.41, 5.74) is -0.426. The van der Waals surface area contributed by atoms with Gasteiger partial charge in [0.05, 0.1) is 17.6 Å². The zero-order chi connectivity index (χ0) is 16.4. The van der Waals surface area contributed by atoms with Crippen LogP contribution >= 0.6 is 11.3 Å². The fourth-order valence-electron chi connectivity index (χ4n) is 2.43. The van der Waals surface area contributed by atoms with Crippen LogP contribution in [0.4, 0.5) is 4.39 Å². The Balaban J connectivity index is 0.00000208. The van der Waals surface area contributed by atoms with Crippen molar-refractivity contribution >= 4 is 17.3 Å². The average molecular weight is 343 g/mol. The zero-order valence-electron chi connectivity index (χ0n) is 13.5. The number of thiazole rings is 1. The number of aryl methyl sites for hydroxylation is 1. The molecule has 2 aromatic rings. The minimum Gasteiger partial charge on any atom is -0.545 e. The smallest absolute Gasteiger partial charge is 0.545 e. The molecule has 0 saturated carbocycles. The largest absolute Gasteiger partial charge is 1.00 e. The summed E-state index contributed by atoms with van der Waals surface area (Å²) in [6.07, 6.45) is 3.47. The predicted octanol–water partition coefficient (Wildman–Crippen LogP) is -0.817. The number of halogens is 1. The van der Waals surface area contributed by atoms with E-state index in [-0.39, 0.29) is 36.3 Å². The molecule has 1 aliphatic rings. The second kappa shape index (κ2) is 8.12. The Hall–Kier alpha value is -1.39. The first kappa shape index (κ1) is 18.9. The van der Waals surface area contributed by atoms with E-state index in [1.54, 1.807) is 6.20 Å². The average Bonchev–Trinajstić information content (AvgIpc) is 3.17. The van der Waals surface area contributed by atoms with Gasteiger partial charge >= 0.3 is 18.9 Å². The van der Waals surface area contributed by atoms with Crippen LogP contribution in [0.15, 0.2) is 18.3 Å². The van der Waals surface area contributed by atoms with Crippen LogP contribution in [0.25, 0.3) is 10.6 Å². The van der Waals surface area contributed by atoms with Gasteiger partial charge in [0.2, 0.25) is 0 Å². The predicted molar refractivity (Wildman–Crippen MR) is 81.0 cm³/mol. The minimum atomic E-state index is -1.58.